The van der Waals surface area contributed by atoms with Crippen molar-refractivity contribution in [2.24, 2.45) is 5.41 Å². The molecule has 1 aliphatic heterocycles. The van der Waals surface area contributed by atoms with Crippen molar-refractivity contribution in [3.8, 4) is 5.75 Å². The maximum absolute atomic E-state index is 11.7. The van der Waals surface area contributed by atoms with E-state index in [0.717, 1.165) is 0 Å². The normalized spacial score (nSPS) is 23.1. The minimum atomic E-state index is -1.11. The Kier molecular flexibility index (Phi) is 2.54. The van der Waals surface area contributed by atoms with E-state index in [1.165, 1.54) is 6.92 Å². The van der Waals surface area contributed by atoms with E-state index in [1.54, 1.807) is 18.2 Å². The quantitative estimate of drug-likeness (QED) is 0.759. The first-order valence-electron chi connectivity index (χ1n) is 5.77. The number of aliphatic hydroxyl groups is 1. The number of fused-ring (bicyclic) bond motifs is 1. The molecule has 1 N–H and O–H groups in total. The largest absolute Gasteiger partial charge is 0.490 e. The average Bonchev–Trinajstić information content (AvgIpc) is 2.57. The molecule has 17 heavy (non-hydrogen) atoms. The number of ether oxygens (including phenoxy) is 1. The molecule has 1 aromatic carbocycles. The van der Waals surface area contributed by atoms with E-state index >= 15 is 0 Å². The molecule has 3 nitrogen and oxygen atoms in total. The lowest BCUT2D eigenvalue weighted by atomic mass is 9.72. The summed E-state index contributed by atoms with van der Waals surface area (Å²) in [5, 5.41) is 10.8. The fraction of sp³-hybridized carbons (Fsp3) is 0.500. The highest BCUT2D eigenvalue weighted by Crippen LogP contribution is 2.49. The average molecular weight is 234 g/mol. The number of carbonyl (C=O) groups excluding carboxylic acids is 1. The van der Waals surface area contributed by atoms with Crippen LogP contribution in [0.4, 0.5) is 0 Å². The van der Waals surface area contributed by atoms with Gasteiger partial charge in [0, 0.05) is 11.1 Å². The van der Waals surface area contributed by atoms with Crippen LogP contribution in [0.1, 0.15) is 43.6 Å². The Morgan fingerprint density at radius 2 is 2.06 bits per heavy atom. The summed E-state index contributed by atoms with van der Waals surface area (Å²) in [7, 11) is 0. The summed E-state index contributed by atoms with van der Waals surface area (Å²) < 4.78 is 5.53. The third-order valence-corrected chi connectivity index (χ3v) is 3.50. The maximum Gasteiger partial charge on any atom is 0.160 e. The van der Waals surface area contributed by atoms with Crippen molar-refractivity contribution in [2.75, 3.05) is 6.61 Å². The standard InChI is InChI=1S/C14H18O3/c1-9(15)10-6-5-7-11-12(10)14(16,8-17-11)13(2,3)4/h5-7,16H,8H2,1-4H3. The molecule has 3 heteroatoms. The van der Waals surface area contributed by atoms with Crippen LogP contribution in [0.5, 0.6) is 5.75 Å². The first-order valence-corrected chi connectivity index (χ1v) is 5.77. The third kappa shape index (κ3) is 1.65. The van der Waals surface area contributed by atoms with Gasteiger partial charge in [0.2, 0.25) is 0 Å². The minimum absolute atomic E-state index is 0.0463. The highest BCUT2D eigenvalue weighted by atomic mass is 16.5. The van der Waals surface area contributed by atoms with Crippen molar-refractivity contribution in [1.29, 1.82) is 0 Å². The van der Waals surface area contributed by atoms with Crippen LogP contribution >= 0.6 is 0 Å². The van der Waals surface area contributed by atoms with Crippen LogP contribution in [-0.2, 0) is 5.60 Å². The van der Waals surface area contributed by atoms with Crippen molar-refractivity contribution in [2.45, 2.75) is 33.3 Å². The molecular weight excluding hydrogens is 216 g/mol. The van der Waals surface area contributed by atoms with Crippen LogP contribution in [-0.4, -0.2) is 17.5 Å². The van der Waals surface area contributed by atoms with Crippen LogP contribution in [0.3, 0.4) is 0 Å². The van der Waals surface area contributed by atoms with Gasteiger partial charge in [-0.15, -0.1) is 0 Å². The predicted octanol–water partition coefficient (Wildman–Crippen LogP) is 2.52. The first-order chi connectivity index (χ1) is 7.77. The second-order valence-electron chi connectivity index (χ2n) is 5.63. The number of rotatable bonds is 1. The molecule has 1 unspecified atom stereocenters. The van der Waals surface area contributed by atoms with E-state index in [2.05, 4.69) is 0 Å². The van der Waals surface area contributed by atoms with E-state index in [-0.39, 0.29) is 17.8 Å². The monoisotopic (exact) mass is 234 g/mol. The molecule has 0 fully saturated rings. The molecule has 92 valence electrons. The summed E-state index contributed by atoms with van der Waals surface area (Å²) in [6.45, 7) is 7.56. The van der Waals surface area contributed by atoms with Gasteiger partial charge in [-0.1, -0.05) is 32.9 Å². The lowest BCUT2D eigenvalue weighted by Crippen LogP contribution is -2.42. The first kappa shape index (κ1) is 12.1. The molecule has 1 aromatic rings. The molecule has 2 rings (SSSR count). The van der Waals surface area contributed by atoms with Crippen molar-refractivity contribution < 1.29 is 14.6 Å². The van der Waals surface area contributed by atoms with Gasteiger partial charge >= 0.3 is 0 Å². The fourth-order valence-electron chi connectivity index (χ4n) is 2.22. The number of hydrogen-bond acceptors (Lipinski definition) is 3. The van der Waals surface area contributed by atoms with Gasteiger partial charge in [-0.2, -0.15) is 0 Å². The summed E-state index contributed by atoms with van der Waals surface area (Å²) in [4.78, 5) is 11.7. The molecule has 1 atom stereocenters. The molecule has 0 amide bonds. The van der Waals surface area contributed by atoms with Gasteiger partial charge in [0.15, 0.2) is 5.78 Å². The molecule has 0 radical (unpaired) electrons. The van der Waals surface area contributed by atoms with Gasteiger partial charge in [-0.05, 0) is 18.4 Å². The maximum atomic E-state index is 11.7. The Balaban J connectivity index is 2.68. The highest BCUT2D eigenvalue weighted by molar-refractivity contribution is 5.96. The van der Waals surface area contributed by atoms with Gasteiger partial charge in [-0.3, -0.25) is 4.79 Å². The number of hydrogen-bond donors (Lipinski definition) is 1. The van der Waals surface area contributed by atoms with E-state index in [4.69, 9.17) is 4.74 Å². The summed E-state index contributed by atoms with van der Waals surface area (Å²) in [6.07, 6.45) is 0. The van der Waals surface area contributed by atoms with Gasteiger partial charge in [0.05, 0.1) is 0 Å². The third-order valence-electron chi connectivity index (χ3n) is 3.50. The zero-order chi connectivity index (χ0) is 12.8. The molecule has 1 heterocycles. The Morgan fingerprint density at radius 3 is 2.59 bits per heavy atom. The van der Waals surface area contributed by atoms with Crippen molar-refractivity contribution in [3.63, 3.8) is 0 Å². The van der Waals surface area contributed by atoms with E-state index in [1.807, 2.05) is 20.8 Å². The van der Waals surface area contributed by atoms with E-state index in [0.29, 0.717) is 16.9 Å². The van der Waals surface area contributed by atoms with Gasteiger partial charge in [-0.25, -0.2) is 0 Å². The second-order valence-corrected chi connectivity index (χ2v) is 5.63. The van der Waals surface area contributed by atoms with Gasteiger partial charge < -0.3 is 9.84 Å². The van der Waals surface area contributed by atoms with Crippen LogP contribution in [0, 0.1) is 5.41 Å². The molecular formula is C14H18O3. The molecule has 0 aromatic heterocycles. The zero-order valence-electron chi connectivity index (χ0n) is 10.7. The molecule has 0 spiro atoms. The van der Waals surface area contributed by atoms with Crippen molar-refractivity contribution in [1.82, 2.24) is 0 Å². The van der Waals surface area contributed by atoms with Crippen LogP contribution in [0.2, 0.25) is 0 Å². The number of benzene rings is 1. The second kappa shape index (κ2) is 3.57. The molecule has 0 saturated heterocycles. The fourth-order valence-corrected chi connectivity index (χ4v) is 2.22. The highest BCUT2D eigenvalue weighted by Gasteiger charge is 2.49. The Hall–Kier alpha value is -1.35. The predicted molar refractivity (Wildman–Crippen MR) is 65.3 cm³/mol. The summed E-state index contributed by atoms with van der Waals surface area (Å²) in [5.41, 5.74) is -0.300. The van der Waals surface area contributed by atoms with E-state index in [9.17, 15) is 9.90 Å². The van der Waals surface area contributed by atoms with Gasteiger partial charge in [0.1, 0.15) is 18.0 Å². The Morgan fingerprint density at radius 1 is 1.41 bits per heavy atom. The summed E-state index contributed by atoms with van der Waals surface area (Å²) >= 11 is 0. The zero-order valence-corrected chi connectivity index (χ0v) is 10.7. The Labute approximate surface area is 101 Å². The lowest BCUT2D eigenvalue weighted by molar-refractivity contribution is -0.0750. The van der Waals surface area contributed by atoms with Crippen LogP contribution < -0.4 is 4.74 Å². The van der Waals surface area contributed by atoms with Crippen LogP contribution in [0.25, 0.3) is 0 Å². The number of carbonyl (C=O) groups is 1. The Bertz CT molecular complexity index is 471. The topological polar surface area (TPSA) is 46.5 Å². The van der Waals surface area contributed by atoms with Gasteiger partial charge in [0.25, 0.3) is 0 Å². The molecule has 0 saturated carbocycles. The number of ketones is 1. The van der Waals surface area contributed by atoms with Crippen LogP contribution in [0.15, 0.2) is 18.2 Å². The van der Waals surface area contributed by atoms with Crippen molar-refractivity contribution >= 4 is 5.78 Å². The molecule has 0 bridgehead atoms. The summed E-state index contributed by atoms with van der Waals surface area (Å²) in [5.74, 6) is 0.574. The smallest absolute Gasteiger partial charge is 0.160 e. The minimum Gasteiger partial charge on any atom is -0.490 e. The van der Waals surface area contributed by atoms with Crippen molar-refractivity contribution in [3.05, 3.63) is 29.3 Å². The van der Waals surface area contributed by atoms with E-state index < -0.39 is 5.60 Å². The lowest BCUT2D eigenvalue weighted by Gasteiger charge is -2.36. The molecule has 0 aliphatic carbocycles. The molecule has 1 aliphatic rings. The number of Topliss-reactive ketones (excluding diaryl/α,β-unsaturated/α-hetero) is 1. The summed E-state index contributed by atoms with van der Waals surface area (Å²) in [6, 6.07) is 5.32. The SMILES string of the molecule is CC(=O)c1cccc2c1C(O)(C(C)(C)C)CO2.